The SMILES string of the molecule is CC(CC(CC(=O)O)C(=O)O)c1ccccc1. The summed E-state index contributed by atoms with van der Waals surface area (Å²) in [5, 5.41) is 17.6. The molecule has 0 aliphatic heterocycles. The summed E-state index contributed by atoms with van der Waals surface area (Å²) in [6.07, 6.45) is 0.0121. The second kappa shape index (κ2) is 6.03. The van der Waals surface area contributed by atoms with Crippen LogP contribution in [0.4, 0.5) is 0 Å². The van der Waals surface area contributed by atoms with Crippen LogP contribution >= 0.6 is 0 Å². The Bertz CT molecular complexity index is 386. The first kappa shape index (κ1) is 13.2. The van der Waals surface area contributed by atoms with Crippen LogP contribution in [0.25, 0.3) is 0 Å². The number of benzene rings is 1. The minimum atomic E-state index is -1.07. The molecule has 92 valence electrons. The van der Waals surface area contributed by atoms with Gasteiger partial charge in [-0.05, 0) is 17.9 Å². The van der Waals surface area contributed by atoms with E-state index in [-0.39, 0.29) is 12.3 Å². The molecule has 0 bridgehead atoms. The lowest BCUT2D eigenvalue weighted by atomic mass is 9.88. The lowest BCUT2D eigenvalue weighted by Gasteiger charge is -2.16. The van der Waals surface area contributed by atoms with E-state index in [0.29, 0.717) is 6.42 Å². The smallest absolute Gasteiger partial charge is 0.307 e. The maximum atomic E-state index is 10.9. The zero-order chi connectivity index (χ0) is 12.8. The van der Waals surface area contributed by atoms with E-state index in [2.05, 4.69) is 0 Å². The Morgan fingerprint density at radius 1 is 1.18 bits per heavy atom. The van der Waals surface area contributed by atoms with Crippen LogP contribution in [0.5, 0.6) is 0 Å². The van der Waals surface area contributed by atoms with Crippen molar-refractivity contribution in [2.24, 2.45) is 5.92 Å². The Kier molecular flexibility index (Phi) is 4.69. The molecule has 0 fully saturated rings. The normalized spacial score (nSPS) is 13.9. The predicted molar refractivity (Wildman–Crippen MR) is 62.9 cm³/mol. The first-order valence-electron chi connectivity index (χ1n) is 5.50. The third-order valence-electron chi connectivity index (χ3n) is 2.78. The number of aliphatic carboxylic acids is 2. The lowest BCUT2D eigenvalue weighted by Crippen LogP contribution is -2.19. The quantitative estimate of drug-likeness (QED) is 0.795. The second-order valence-electron chi connectivity index (χ2n) is 4.18. The highest BCUT2D eigenvalue weighted by Gasteiger charge is 2.23. The van der Waals surface area contributed by atoms with E-state index in [1.807, 2.05) is 37.3 Å². The summed E-state index contributed by atoms with van der Waals surface area (Å²) in [6, 6.07) is 9.51. The van der Waals surface area contributed by atoms with Crippen molar-refractivity contribution < 1.29 is 19.8 Å². The Labute approximate surface area is 99.9 Å². The number of hydrogen-bond donors (Lipinski definition) is 2. The molecule has 1 aromatic rings. The van der Waals surface area contributed by atoms with Gasteiger partial charge in [0.25, 0.3) is 0 Å². The molecule has 1 rings (SSSR count). The molecule has 0 heterocycles. The van der Waals surface area contributed by atoms with Crippen LogP contribution in [-0.4, -0.2) is 22.2 Å². The fourth-order valence-electron chi connectivity index (χ4n) is 1.83. The molecule has 0 aliphatic rings. The first-order chi connectivity index (χ1) is 8.00. The molecular weight excluding hydrogens is 220 g/mol. The fraction of sp³-hybridized carbons (Fsp3) is 0.385. The summed E-state index contributed by atoms with van der Waals surface area (Å²) in [4.78, 5) is 21.5. The summed E-state index contributed by atoms with van der Waals surface area (Å²) in [7, 11) is 0. The van der Waals surface area contributed by atoms with Gasteiger partial charge in [-0.2, -0.15) is 0 Å². The number of hydrogen-bond acceptors (Lipinski definition) is 2. The van der Waals surface area contributed by atoms with E-state index in [9.17, 15) is 9.59 Å². The highest BCUT2D eigenvalue weighted by molar-refractivity contribution is 5.77. The number of rotatable bonds is 6. The van der Waals surface area contributed by atoms with Gasteiger partial charge in [0.1, 0.15) is 0 Å². The Balaban J connectivity index is 2.67. The standard InChI is InChI=1S/C13H16O4/c1-9(10-5-3-2-4-6-10)7-11(13(16)17)8-12(14)15/h2-6,9,11H,7-8H2,1H3,(H,14,15)(H,16,17). The van der Waals surface area contributed by atoms with Crippen LogP contribution in [0.1, 0.15) is 31.2 Å². The molecule has 0 amide bonds. The Morgan fingerprint density at radius 3 is 2.24 bits per heavy atom. The Morgan fingerprint density at radius 2 is 1.76 bits per heavy atom. The largest absolute Gasteiger partial charge is 0.481 e. The van der Waals surface area contributed by atoms with Crippen molar-refractivity contribution in [3.8, 4) is 0 Å². The molecule has 4 heteroatoms. The fourth-order valence-corrected chi connectivity index (χ4v) is 1.83. The summed E-state index contributed by atoms with van der Waals surface area (Å²) in [5.74, 6) is -2.91. The van der Waals surface area contributed by atoms with Crippen LogP contribution in [0.2, 0.25) is 0 Å². The topological polar surface area (TPSA) is 74.6 Å². The molecule has 0 saturated heterocycles. The zero-order valence-corrected chi connectivity index (χ0v) is 9.67. The molecule has 0 spiro atoms. The average molecular weight is 236 g/mol. The molecule has 2 atom stereocenters. The minimum Gasteiger partial charge on any atom is -0.481 e. The van der Waals surface area contributed by atoms with Crippen molar-refractivity contribution in [2.75, 3.05) is 0 Å². The number of carboxylic acids is 2. The maximum Gasteiger partial charge on any atom is 0.307 e. The van der Waals surface area contributed by atoms with Gasteiger partial charge < -0.3 is 10.2 Å². The van der Waals surface area contributed by atoms with Gasteiger partial charge in [0.15, 0.2) is 0 Å². The van der Waals surface area contributed by atoms with Gasteiger partial charge in [-0.1, -0.05) is 37.3 Å². The molecule has 0 radical (unpaired) electrons. The number of carboxylic acid groups (broad SMARTS) is 2. The Hall–Kier alpha value is -1.84. The van der Waals surface area contributed by atoms with E-state index in [0.717, 1.165) is 5.56 Å². The predicted octanol–water partition coefficient (Wildman–Crippen LogP) is 2.36. The zero-order valence-electron chi connectivity index (χ0n) is 9.67. The van der Waals surface area contributed by atoms with Crippen LogP contribution in [-0.2, 0) is 9.59 Å². The van der Waals surface area contributed by atoms with Crippen LogP contribution < -0.4 is 0 Å². The molecule has 2 unspecified atom stereocenters. The second-order valence-corrected chi connectivity index (χ2v) is 4.18. The van der Waals surface area contributed by atoms with Gasteiger partial charge in [0.2, 0.25) is 0 Å². The summed E-state index contributed by atoms with van der Waals surface area (Å²) >= 11 is 0. The van der Waals surface area contributed by atoms with Gasteiger partial charge in [0.05, 0.1) is 12.3 Å². The van der Waals surface area contributed by atoms with Crippen molar-refractivity contribution >= 4 is 11.9 Å². The van der Waals surface area contributed by atoms with E-state index in [1.165, 1.54) is 0 Å². The van der Waals surface area contributed by atoms with Crippen molar-refractivity contribution in [1.29, 1.82) is 0 Å². The summed E-state index contributed by atoms with van der Waals surface area (Å²) < 4.78 is 0. The lowest BCUT2D eigenvalue weighted by molar-refractivity contribution is -0.148. The summed E-state index contributed by atoms with van der Waals surface area (Å²) in [6.45, 7) is 1.91. The first-order valence-corrected chi connectivity index (χ1v) is 5.50. The van der Waals surface area contributed by atoms with Gasteiger partial charge in [-0.3, -0.25) is 9.59 Å². The average Bonchev–Trinajstić information content (AvgIpc) is 2.28. The van der Waals surface area contributed by atoms with Crippen molar-refractivity contribution in [3.05, 3.63) is 35.9 Å². The molecular formula is C13H16O4. The highest BCUT2D eigenvalue weighted by atomic mass is 16.4. The third kappa shape index (κ3) is 4.26. The monoisotopic (exact) mass is 236 g/mol. The molecule has 2 N–H and O–H groups in total. The molecule has 4 nitrogen and oxygen atoms in total. The number of carbonyl (C=O) groups is 2. The summed E-state index contributed by atoms with van der Waals surface area (Å²) in [5.41, 5.74) is 1.03. The van der Waals surface area contributed by atoms with E-state index >= 15 is 0 Å². The molecule has 0 saturated carbocycles. The van der Waals surface area contributed by atoms with Gasteiger partial charge in [-0.15, -0.1) is 0 Å². The molecule has 0 aromatic heterocycles. The van der Waals surface area contributed by atoms with Crippen molar-refractivity contribution in [2.45, 2.75) is 25.7 Å². The molecule has 17 heavy (non-hydrogen) atoms. The van der Waals surface area contributed by atoms with E-state index < -0.39 is 17.9 Å². The van der Waals surface area contributed by atoms with Crippen LogP contribution in [0, 0.1) is 5.92 Å². The van der Waals surface area contributed by atoms with E-state index in [1.54, 1.807) is 0 Å². The van der Waals surface area contributed by atoms with Crippen LogP contribution in [0.15, 0.2) is 30.3 Å². The van der Waals surface area contributed by atoms with Gasteiger partial charge >= 0.3 is 11.9 Å². The highest BCUT2D eigenvalue weighted by Crippen LogP contribution is 2.25. The third-order valence-corrected chi connectivity index (χ3v) is 2.78. The van der Waals surface area contributed by atoms with Crippen molar-refractivity contribution in [3.63, 3.8) is 0 Å². The molecule has 1 aromatic carbocycles. The van der Waals surface area contributed by atoms with Gasteiger partial charge in [-0.25, -0.2) is 0 Å². The maximum absolute atomic E-state index is 10.9. The van der Waals surface area contributed by atoms with E-state index in [4.69, 9.17) is 10.2 Å². The van der Waals surface area contributed by atoms with Gasteiger partial charge in [0, 0.05) is 0 Å². The van der Waals surface area contributed by atoms with Crippen molar-refractivity contribution in [1.82, 2.24) is 0 Å². The minimum absolute atomic E-state index is 0.0386. The van der Waals surface area contributed by atoms with Crippen LogP contribution in [0.3, 0.4) is 0 Å². The molecule has 0 aliphatic carbocycles.